The van der Waals surface area contributed by atoms with E-state index in [-0.39, 0.29) is 5.92 Å². The van der Waals surface area contributed by atoms with Crippen molar-refractivity contribution in [3.05, 3.63) is 35.9 Å². The number of aliphatic carboxylic acids is 1. The molecule has 1 aromatic rings. The predicted molar refractivity (Wildman–Crippen MR) is 147 cm³/mol. The topological polar surface area (TPSA) is 57.5 Å². The molecule has 0 saturated carbocycles. The third-order valence-electron chi connectivity index (χ3n) is 6.45. The van der Waals surface area contributed by atoms with Gasteiger partial charge in [0.2, 0.25) is 0 Å². The van der Waals surface area contributed by atoms with Gasteiger partial charge in [0.1, 0.15) is 0 Å². The van der Waals surface area contributed by atoms with Gasteiger partial charge >= 0.3 is 5.97 Å². The maximum Gasteiger partial charge on any atom is 0.306 e. The van der Waals surface area contributed by atoms with Crippen LogP contribution >= 0.6 is 0 Å². The number of hydrogen-bond donors (Lipinski definition) is 2. The predicted octanol–water partition coefficient (Wildman–Crippen LogP) is 9.22. The van der Waals surface area contributed by atoms with Gasteiger partial charge in [0.05, 0.1) is 5.92 Å². The SMILES string of the molecule is CC(C)CO.CCCCCCCCCCCCCCCCCCC(Cc1ccccc1)C(=O)O. The third-order valence-corrected chi connectivity index (χ3v) is 6.45. The molecule has 1 rings (SSSR count). The largest absolute Gasteiger partial charge is 0.481 e. The highest BCUT2D eigenvalue weighted by Gasteiger charge is 2.17. The Morgan fingerprint density at radius 1 is 0.706 bits per heavy atom. The number of unbranched alkanes of at least 4 members (excludes halogenated alkanes) is 15. The van der Waals surface area contributed by atoms with Crippen LogP contribution in [0.3, 0.4) is 0 Å². The van der Waals surface area contributed by atoms with Crippen LogP contribution in [0.2, 0.25) is 0 Å². The zero-order valence-electron chi connectivity index (χ0n) is 22.8. The Bertz CT molecular complexity index is 541. The Labute approximate surface area is 211 Å². The van der Waals surface area contributed by atoms with Crippen LogP contribution in [0.4, 0.5) is 0 Å². The Morgan fingerprint density at radius 3 is 1.44 bits per heavy atom. The molecule has 3 heteroatoms. The van der Waals surface area contributed by atoms with E-state index < -0.39 is 5.97 Å². The molecule has 0 fully saturated rings. The lowest BCUT2D eigenvalue weighted by Crippen LogP contribution is -2.16. The normalized spacial score (nSPS) is 11.8. The first-order valence-corrected chi connectivity index (χ1v) is 14.4. The van der Waals surface area contributed by atoms with Crippen LogP contribution < -0.4 is 0 Å². The van der Waals surface area contributed by atoms with Gasteiger partial charge in [-0.15, -0.1) is 0 Å². The van der Waals surface area contributed by atoms with Gasteiger partial charge in [0.15, 0.2) is 0 Å². The van der Waals surface area contributed by atoms with Gasteiger partial charge in [-0.1, -0.05) is 154 Å². The van der Waals surface area contributed by atoms with Gasteiger partial charge in [-0.2, -0.15) is 0 Å². The number of aliphatic hydroxyl groups excluding tert-OH is 1. The molecule has 1 aromatic carbocycles. The molecule has 0 amide bonds. The molecule has 0 bridgehead atoms. The van der Waals surface area contributed by atoms with Gasteiger partial charge in [-0.05, 0) is 24.3 Å². The fourth-order valence-corrected chi connectivity index (χ4v) is 4.15. The lowest BCUT2D eigenvalue weighted by Gasteiger charge is -2.12. The second kappa shape index (κ2) is 24.8. The van der Waals surface area contributed by atoms with E-state index in [2.05, 4.69) is 6.92 Å². The standard InChI is InChI=1S/C27H46O2.C4H10O/c1-2-3-4-5-6-7-8-9-10-11-12-13-14-15-16-20-23-26(27(28)29)24-25-21-18-17-19-22-25;1-4(2)3-5/h17-19,21-22,26H,2-16,20,23-24H2,1H3,(H,28,29);4-5H,3H2,1-2H3. The Hall–Kier alpha value is -1.35. The van der Waals surface area contributed by atoms with Crippen LogP contribution in [0.5, 0.6) is 0 Å². The molecule has 0 saturated heterocycles. The Balaban J connectivity index is 0.00000196. The lowest BCUT2D eigenvalue weighted by molar-refractivity contribution is -0.142. The molecule has 0 radical (unpaired) electrons. The quantitative estimate of drug-likeness (QED) is 0.174. The molecular weight excluding hydrogens is 420 g/mol. The minimum Gasteiger partial charge on any atom is -0.481 e. The van der Waals surface area contributed by atoms with Crippen molar-refractivity contribution in [2.24, 2.45) is 11.8 Å². The summed E-state index contributed by atoms with van der Waals surface area (Å²) in [5.41, 5.74) is 1.14. The van der Waals surface area contributed by atoms with Crippen molar-refractivity contribution in [2.45, 2.75) is 136 Å². The fourth-order valence-electron chi connectivity index (χ4n) is 4.15. The van der Waals surface area contributed by atoms with Crippen molar-refractivity contribution in [2.75, 3.05) is 6.61 Å². The molecule has 3 nitrogen and oxygen atoms in total. The Morgan fingerprint density at radius 2 is 1.09 bits per heavy atom. The second-order valence-electron chi connectivity index (χ2n) is 10.4. The number of benzene rings is 1. The Kier molecular flexibility index (Phi) is 23.8. The second-order valence-corrected chi connectivity index (χ2v) is 10.4. The van der Waals surface area contributed by atoms with Crippen molar-refractivity contribution in [3.8, 4) is 0 Å². The zero-order valence-corrected chi connectivity index (χ0v) is 22.8. The summed E-state index contributed by atoms with van der Waals surface area (Å²) in [6, 6.07) is 10.0. The van der Waals surface area contributed by atoms with E-state index in [1.807, 2.05) is 44.2 Å². The molecular formula is C31H56O3. The number of hydrogen-bond acceptors (Lipinski definition) is 2. The number of carboxylic acids is 1. The molecule has 0 heterocycles. The maximum atomic E-state index is 11.5. The van der Waals surface area contributed by atoms with E-state index in [1.54, 1.807) is 0 Å². The molecule has 0 aliphatic rings. The van der Waals surface area contributed by atoms with Crippen LogP contribution in [0.15, 0.2) is 30.3 Å². The highest BCUT2D eigenvalue weighted by atomic mass is 16.4. The van der Waals surface area contributed by atoms with Gasteiger partial charge in [-0.25, -0.2) is 0 Å². The van der Waals surface area contributed by atoms with Crippen LogP contribution in [0.1, 0.15) is 135 Å². The van der Waals surface area contributed by atoms with E-state index in [9.17, 15) is 9.90 Å². The van der Waals surface area contributed by atoms with E-state index >= 15 is 0 Å². The molecule has 1 atom stereocenters. The van der Waals surface area contributed by atoms with E-state index in [4.69, 9.17) is 5.11 Å². The van der Waals surface area contributed by atoms with Crippen LogP contribution in [-0.2, 0) is 11.2 Å². The van der Waals surface area contributed by atoms with Crippen LogP contribution in [-0.4, -0.2) is 22.8 Å². The van der Waals surface area contributed by atoms with Crippen LogP contribution in [0, 0.1) is 11.8 Å². The highest BCUT2D eigenvalue weighted by molar-refractivity contribution is 5.70. The summed E-state index contributed by atoms with van der Waals surface area (Å²) in [7, 11) is 0. The smallest absolute Gasteiger partial charge is 0.306 e. The van der Waals surface area contributed by atoms with Gasteiger partial charge in [0.25, 0.3) is 0 Å². The molecule has 198 valence electrons. The van der Waals surface area contributed by atoms with Gasteiger partial charge in [-0.3, -0.25) is 4.79 Å². The average Bonchev–Trinajstić information content (AvgIpc) is 2.83. The van der Waals surface area contributed by atoms with Gasteiger partial charge in [0, 0.05) is 6.61 Å². The first-order valence-electron chi connectivity index (χ1n) is 14.4. The third kappa shape index (κ3) is 22.4. The molecule has 0 aliphatic heterocycles. The summed E-state index contributed by atoms with van der Waals surface area (Å²) in [5, 5.41) is 17.6. The first-order chi connectivity index (χ1) is 16.5. The first kappa shape index (κ1) is 32.7. The van der Waals surface area contributed by atoms with Crippen molar-refractivity contribution in [1.82, 2.24) is 0 Å². The number of rotatable bonds is 21. The zero-order chi connectivity index (χ0) is 25.3. The monoisotopic (exact) mass is 476 g/mol. The lowest BCUT2D eigenvalue weighted by atomic mass is 9.93. The van der Waals surface area contributed by atoms with E-state index in [0.717, 1.165) is 18.4 Å². The highest BCUT2D eigenvalue weighted by Crippen LogP contribution is 2.18. The minimum atomic E-state index is -0.644. The average molecular weight is 477 g/mol. The molecule has 2 N–H and O–H groups in total. The number of carbonyl (C=O) groups is 1. The molecule has 1 unspecified atom stereocenters. The number of aliphatic hydroxyl groups is 1. The van der Waals surface area contributed by atoms with Crippen molar-refractivity contribution >= 4 is 5.97 Å². The van der Waals surface area contributed by atoms with E-state index in [0.29, 0.717) is 18.9 Å². The summed E-state index contributed by atoms with van der Waals surface area (Å²) in [6.45, 7) is 6.53. The fraction of sp³-hybridized carbons (Fsp3) is 0.774. The molecule has 0 aromatic heterocycles. The van der Waals surface area contributed by atoms with E-state index in [1.165, 1.54) is 96.3 Å². The summed E-state index contributed by atoms with van der Waals surface area (Å²) in [6.07, 6.45) is 23.2. The summed E-state index contributed by atoms with van der Waals surface area (Å²) < 4.78 is 0. The van der Waals surface area contributed by atoms with Crippen LogP contribution in [0.25, 0.3) is 0 Å². The summed E-state index contributed by atoms with van der Waals surface area (Å²) >= 11 is 0. The molecule has 0 aliphatic carbocycles. The molecule has 34 heavy (non-hydrogen) atoms. The van der Waals surface area contributed by atoms with Gasteiger partial charge < -0.3 is 10.2 Å². The van der Waals surface area contributed by atoms with Crippen molar-refractivity contribution in [1.29, 1.82) is 0 Å². The maximum absolute atomic E-state index is 11.5. The van der Waals surface area contributed by atoms with Crippen molar-refractivity contribution in [3.63, 3.8) is 0 Å². The summed E-state index contributed by atoms with van der Waals surface area (Å²) in [4.78, 5) is 11.5. The number of carboxylic acid groups (broad SMARTS) is 1. The molecule has 0 spiro atoms. The van der Waals surface area contributed by atoms with Crippen molar-refractivity contribution < 1.29 is 15.0 Å². The summed E-state index contributed by atoms with van der Waals surface area (Å²) in [5.74, 6) is -0.436. The minimum absolute atomic E-state index is 0.232.